The highest BCUT2D eigenvalue weighted by Gasteiger charge is 1.91. The third-order valence-corrected chi connectivity index (χ3v) is 3.37. The first-order valence-electron chi connectivity index (χ1n) is 5.98. The molecule has 0 atom stereocenters. The van der Waals surface area contributed by atoms with Crippen LogP contribution in [0.25, 0.3) is 6.08 Å². The number of benzene rings is 2. The van der Waals surface area contributed by atoms with Gasteiger partial charge in [0.05, 0.1) is 0 Å². The monoisotopic (exact) mass is 255 g/mol. The molecular formula is C16H17NS. The Balaban J connectivity index is 1.83. The first kappa shape index (κ1) is 12.8. The van der Waals surface area contributed by atoms with Gasteiger partial charge in [0.25, 0.3) is 0 Å². The van der Waals surface area contributed by atoms with Gasteiger partial charge in [-0.25, -0.2) is 0 Å². The molecule has 18 heavy (non-hydrogen) atoms. The van der Waals surface area contributed by atoms with Gasteiger partial charge in [-0.05, 0) is 36.1 Å². The van der Waals surface area contributed by atoms with Crippen LogP contribution in [0.15, 0.2) is 65.6 Å². The number of nitrogens with one attached hydrogen (secondary N) is 1. The Hall–Kier alpha value is -1.67. The van der Waals surface area contributed by atoms with Crippen LogP contribution in [0.4, 0.5) is 5.69 Å². The number of anilines is 1. The van der Waals surface area contributed by atoms with Gasteiger partial charge in [0.2, 0.25) is 0 Å². The van der Waals surface area contributed by atoms with Crippen LogP contribution in [0.5, 0.6) is 0 Å². The molecule has 2 aromatic carbocycles. The molecule has 2 heteroatoms. The quantitative estimate of drug-likeness (QED) is 0.788. The zero-order chi connectivity index (χ0) is 12.6. The highest BCUT2D eigenvalue weighted by molar-refractivity contribution is 7.98. The van der Waals surface area contributed by atoms with Crippen LogP contribution in [0.3, 0.4) is 0 Å². The van der Waals surface area contributed by atoms with E-state index in [-0.39, 0.29) is 0 Å². The summed E-state index contributed by atoms with van der Waals surface area (Å²) >= 11 is 1.76. The number of hydrogen-bond donors (Lipinski definition) is 1. The molecule has 0 heterocycles. The van der Waals surface area contributed by atoms with Gasteiger partial charge in [-0.1, -0.05) is 42.5 Å². The molecule has 0 aliphatic carbocycles. The van der Waals surface area contributed by atoms with Gasteiger partial charge in [0.15, 0.2) is 0 Å². The number of thioether (sulfide) groups is 1. The van der Waals surface area contributed by atoms with Crippen molar-refractivity contribution < 1.29 is 0 Å². The SMILES string of the molecule is CSc1ccc(NCC=Cc2ccccc2)cc1. The molecule has 92 valence electrons. The molecule has 0 spiro atoms. The predicted molar refractivity (Wildman–Crippen MR) is 82.2 cm³/mol. The van der Waals surface area contributed by atoms with Crippen LogP contribution >= 0.6 is 11.8 Å². The van der Waals surface area contributed by atoms with Crippen molar-refractivity contribution in [1.82, 2.24) is 0 Å². The molecule has 0 unspecified atom stereocenters. The fraction of sp³-hybridized carbons (Fsp3) is 0.125. The van der Waals surface area contributed by atoms with E-state index in [4.69, 9.17) is 0 Å². The van der Waals surface area contributed by atoms with Crippen LogP contribution < -0.4 is 5.32 Å². The van der Waals surface area contributed by atoms with Gasteiger partial charge >= 0.3 is 0 Å². The van der Waals surface area contributed by atoms with Crippen molar-refractivity contribution in [2.24, 2.45) is 0 Å². The van der Waals surface area contributed by atoms with Crippen molar-refractivity contribution in [3.63, 3.8) is 0 Å². The second-order valence-corrected chi connectivity index (χ2v) is 4.80. The number of rotatable bonds is 5. The lowest BCUT2D eigenvalue weighted by Gasteiger charge is -2.03. The van der Waals surface area contributed by atoms with E-state index in [0.29, 0.717) is 0 Å². The molecule has 2 aromatic rings. The van der Waals surface area contributed by atoms with Crippen molar-refractivity contribution in [3.05, 3.63) is 66.2 Å². The molecule has 0 fully saturated rings. The Bertz CT molecular complexity index is 488. The van der Waals surface area contributed by atoms with E-state index in [2.05, 4.69) is 60.1 Å². The molecule has 2 rings (SSSR count). The largest absolute Gasteiger partial charge is 0.382 e. The second-order valence-electron chi connectivity index (χ2n) is 3.92. The summed E-state index contributed by atoms with van der Waals surface area (Å²) in [4.78, 5) is 1.29. The van der Waals surface area contributed by atoms with Gasteiger partial charge in [0.1, 0.15) is 0 Å². The molecule has 0 saturated heterocycles. The molecular weight excluding hydrogens is 238 g/mol. The third kappa shape index (κ3) is 3.97. The van der Waals surface area contributed by atoms with E-state index in [0.717, 1.165) is 12.2 Å². The van der Waals surface area contributed by atoms with Gasteiger partial charge in [-0.3, -0.25) is 0 Å². The Morgan fingerprint density at radius 3 is 2.39 bits per heavy atom. The van der Waals surface area contributed by atoms with Gasteiger partial charge in [-0.15, -0.1) is 11.8 Å². The summed E-state index contributed by atoms with van der Waals surface area (Å²) in [5.74, 6) is 0. The maximum atomic E-state index is 3.37. The van der Waals surface area contributed by atoms with E-state index in [1.807, 2.05) is 18.2 Å². The van der Waals surface area contributed by atoms with E-state index in [1.54, 1.807) is 11.8 Å². The molecule has 1 N–H and O–H groups in total. The minimum Gasteiger partial charge on any atom is -0.382 e. The standard InChI is InChI=1S/C16H17NS/c1-18-16-11-9-15(10-12-16)17-13-5-8-14-6-3-2-4-7-14/h2-12,17H,13H2,1H3. The molecule has 0 amide bonds. The van der Waals surface area contributed by atoms with Crippen LogP contribution in [0, 0.1) is 0 Å². The maximum absolute atomic E-state index is 3.37. The lowest BCUT2D eigenvalue weighted by atomic mass is 10.2. The topological polar surface area (TPSA) is 12.0 Å². The van der Waals surface area contributed by atoms with Gasteiger partial charge in [0, 0.05) is 17.1 Å². The lowest BCUT2D eigenvalue weighted by molar-refractivity contribution is 1.32. The zero-order valence-corrected chi connectivity index (χ0v) is 11.3. The summed E-state index contributed by atoms with van der Waals surface area (Å²) in [6, 6.07) is 18.8. The maximum Gasteiger partial charge on any atom is 0.0343 e. The first-order chi connectivity index (χ1) is 8.88. The van der Waals surface area contributed by atoms with E-state index >= 15 is 0 Å². The highest BCUT2D eigenvalue weighted by Crippen LogP contribution is 2.17. The fourth-order valence-electron chi connectivity index (χ4n) is 1.64. The lowest BCUT2D eigenvalue weighted by Crippen LogP contribution is -1.97. The Morgan fingerprint density at radius 2 is 1.72 bits per heavy atom. The predicted octanol–water partition coefficient (Wildman–Crippen LogP) is 4.53. The Kier molecular flexibility index (Phi) is 4.91. The van der Waals surface area contributed by atoms with E-state index in [9.17, 15) is 0 Å². The summed E-state index contributed by atoms with van der Waals surface area (Å²) in [6.07, 6.45) is 6.35. The minimum atomic E-state index is 0.841. The van der Waals surface area contributed by atoms with E-state index in [1.165, 1.54) is 10.5 Å². The van der Waals surface area contributed by atoms with Crippen molar-refractivity contribution in [2.75, 3.05) is 18.1 Å². The van der Waals surface area contributed by atoms with Gasteiger partial charge in [-0.2, -0.15) is 0 Å². The van der Waals surface area contributed by atoms with E-state index < -0.39 is 0 Å². The summed E-state index contributed by atoms with van der Waals surface area (Å²) < 4.78 is 0. The fourth-order valence-corrected chi connectivity index (χ4v) is 2.05. The second kappa shape index (κ2) is 6.92. The van der Waals surface area contributed by atoms with Crippen LogP contribution in [-0.2, 0) is 0 Å². The normalized spacial score (nSPS) is 10.7. The van der Waals surface area contributed by atoms with Crippen LogP contribution in [-0.4, -0.2) is 12.8 Å². The first-order valence-corrected chi connectivity index (χ1v) is 7.20. The Morgan fingerprint density at radius 1 is 1.00 bits per heavy atom. The van der Waals surface area contributed by atoms with Crippen molar-refractivity contribution >= 4 is 23.5 Å². The summed E-state index contributed by atoms with van der Waals surface area (Å²) in [5.41, 5.74) is 2.39. The van der Waals surface area contributed by atoms with Crippen LogP contribution in [0.2, 0.25) is 0 Å². The van der Waals surface area contributed by atoms with Crippen molar-refractivity contribution in [1.29, 1.82) is 0 Å². The van der Waals surface area contributed by atoms with Crippen LogP contribution in [0.1, 0.15) is 5.56 Å². The Labute approximate surface area is 113 Å². The molecule has 0 saturated carbocycles. The molecule has 0 aliphatic heterocycles. The average Bonchev–Trinajstić information content (AvgIpc) is 2.45. The number of hydrogen-bond acceptors (Lipinski definition) is 2. The third-order valence-electron chi connectivity index (χ3n) is 2.62. The van der Waals surface area contributed by atoms with Gasteiger partial charge < -0.3 is 5.32 Å². The molecule has 1 nitrogen and oxygen atoms in total. The summed E-state index contributed by atoms with van der Waals surface area (Å²) in [6.45, 7) is 0.841. The molecule has 0 radical (unpaired) electrons. The molecule has 0 aromatic heterocycles. The average molecular weight is 255 g/mol. The summed E-state index contributed by atoms with van der Waals surface area (Å²) in [7, 11) is 0. The summed E-state index contributed by atoms with van der Waals surface area (Å²) in [5, 5.41) is 3.37. The van der Waals surface area contributed by atoms with Crippen molar-refractivity contribution in [2.45, 2.75) is 4.90 Å². The molecule has 0 bridgehead atoms. The zero-order valence-electron chi connectivity index (χ0n) is 10.5. The van der Waals surface area contributed by atoms with Crippen molar-refractivity contribution in [3.8, 4) is 0 Å². The minimum absolute atomic E-state index is 0.841. The highest BCUT2D eigenvalue weighted by atomic mass is 32.2. The smallest absolute Gasteiger partial charge is 0.0343 e. The molecule has 0 aliphatic rings.